The number of nitrogens with one attached hydrogen (secondary N) is 1. The fourth-order valence-corrected chi connectivity index (χ4v) is 3.48. The normalized spacial score (nSPS) is 14.2. The van der Waals surface area contributed by atoms with Crippen LogP contribution in [0.2, 0.25) is 5.02 Å². The molecule has 1 aliphatic carbocycles. The fraction of sp³-hybridized carbons (Fsp3) is 0.385. The molecule has 1 aromatic carbocycles. The summed E-state index contributed by atoms with van der Waals surface area (Å²) in [6.07, 6.45) is 2.49. The predicted molar refractivity (Wildman–Crippen MR) is 84.2 cm³/mol. The van der Waals surface area contributed by atoms with Crippen molar-refractivity contribution in [1.82, 2.24) is 10.2 Å². The number of nitrogens with zero attached hydrogens (tertiary/aromatic N) is 2. The molecule has 1 saturated carbocycles. The van der Waals surface area contributed by atoms with Crippen LogP contribution in [0.25, 0.3) is 0 Å². The smallest absolute Gasteiger partial charge is 0.206 e. The van der Waals surface area contributed by atoms with Crippen molar-refractivity contribution in [1.29, 1.82) is 0 Å². The highest BCUT2D eigenvalue weighted by atomic mass is 35.5. The maximum atomic E-state index is 6.02. The van der Waals surface area contributed by atoms with Gasteiger partial charge in [-0.1, -0.05) is 46.8 Å². The van der Waals surface area contributed by atoms with Gasteiger partial charge in [-0.15, -0.1) is 10.2 Å². The number of anilines is 1. The van der Waals surface area contributed by atoms with E-state index in [0.717, 1.165) is 21.0 Å². The van der Waals surface area contributed by atoms with Gasteiger partial charge in [0.1, 0.15) is 5.75 Å². The Kier molecular flexibility index (Phi) is 4.65. The van der Waals surface area contributed by atoms with Crippen LogP contribution in [0.4, 0.5) is 5.13 Å². The quantitative estimate of drug-likeness (QED) is 0.616. The zero-order valence-corrected chi connectivity index (χ0v) is 13.1. The fourth-order valence-electron chi connectivity index (χ4n) is 1.57. The first-order valence-electron chi connectivity index (χ1n) is 6.41. The highest BCUT2D eigenvalue weighted by Gasteiger charge is 2.22. The lowest BCUT2D eigenvalue weighted by atomic mass is 10.3. The van der Waals surface area contributed by atoms with Gasteiger partial charge in [0.25, 0.3) is 0 Å². The molecule has 1 fully saturated rings. The summed E-state index contributed by atoms with van der Waals surface area (Å²) >= 11 is 9.27. The Labute approximate surface area is 130 Å². The van der Waals surface area contributed by atoms with Gasteiger partial charge in [-0.2, -0.15) is 0 Å². The van der Waals surface area contributed by atoms with Crippen LogP contribution in [0.15, 0.2) is 28.6 Å². The van der Waals surface area contributed by atoms with Gasteiger partial charge in [-0.05, 0) is 25.0 Å². The second-order valence-electron chi connectivity index (χ2n) is 4.42. The molecule has 1 N–H and O–H groups in total. The van der Waals surface area contributed by atoms with Crippen molar-refractivity contribution >= 4 is 39.8 Å². The summed E-state index contributed by atoms with van der Waals surface area (Å²) in [6.45, 7) is 0.597. The highest BCUT2D eigenvalue weighted by Crippen LogP contribution is 2.30. The van der Waals surface area contributed by atoms with Crippen molar-refractivity contribution in [3.05, 3.63) is 29.3 Å². The molecule has 0 unspecified atom stereocenters. The Balaban J connectivity index is 1.41. The molecular formula is C13H14ClN3OS2. The number of benzene rings is 1. The number of para-hydroxylation sites is 1. The molecule has 0 atom stereocenters. The molecule has 3 rings (SSSR count). The largest absolute Gasteiger partial charge is 0.491 e. The maximum Gasteiger partial charge on any atom is 0.206 e. The Morgan fingerprint density at radius 2 is 2.20 bits per heavy atom. The number of rotatable bonds is 7. The van der Waals surface area contributed by atoms with Gasteiger partial charge in [-0.25, -0.2) is 0 Å². The second kappa shape index (κ2) is 6.65. The van der Waals surface area contributed by atoms with Crippen molar-refractivity contribution in [2.75, 3.05) is 17.7 Å². The van der Waals surface area contributed by atoms with Crippen molar-refractivity contribution < 1.29 is 4.74 Å². The summed E-state index contributed by atoms with van der Waals surface area (Å²) < 4.78 is 6.60. The minimum atomic E-state index is 0.597. The molecule has 0 spiro atoms. The molecule has 106 valence electrons. The van der Waals surface area contributed by atoms with E-state index in [1.165, 1.54) is 12.8 Å². The van der Waals surface area contributed by atoms with Crippen LogP contribution < -0.4 is 10.1 Å². The van der Waals surface area contributed by atoms with E-state index in [1.807, 2.05) is 24.3 Å². The number of ether oxygens (including phenoxy) is 1. The zero-order chi connectivity index (χ0) is 13.8. The Morgan fingerprint density at radius 1 is 1.35 bits per heavy atom. The van der Waals surface area contributed by atoms with Crippen molar-refractivity contribution in [2.45, 2.75) is 23.2 Å². The van der Waals surface area contributed by atoms with Crippen LogP contribution in [0.5, 0.6) is 5.75 Å². The molecule has 0 amide bonds. The molecule has 0 aliphatic heterocycles. The average Bonchev–Trinajstić information content (AvgIpc) is 3.15. The summed E-state index contributed by atoms with van der Waals surface area (Å²) in [7, 11) is 0. The van der Waals surface area contributed by atoms with Gasteiger partial charge in [0.2, 0.25) is 5.13 Å². The standard InChI is InChI=1S/C13H14ClN3OS2/c14-10-3-1-2-4-11(10)18-7-8-19-13-17-16-12(20-13)15-9-5-6-9/h1-4,9H,5-8H2,(H,15,16). The van der Waals surface area contributed by atoms with E-state index in [2.05, 4.69) is 15.5 Å². The van der Waals surface area contributed by atoms with Gasteiger partial charge in [0, 0.05) is 11.8 Å². The number of halogens is 1. The van der Waals surface area contributed by atoms with Crippen molar-refractivity contribution in [3.63, 3.8) is 0 Å². The number of thioether (sulfide) groups is 1. The maximum absolute atomic E-state index is 6.02. The van der Waals surface area contributed by atoms with Crippen LogP contribution in [0.1, 0.15) is 12.8 Å². The van der Waals surface area contributed by atoms with Gasteiger partial charge in [0.05, 0.1) is 11.6 Å². The molecule has 0 radical (unpaired) electrons. The average molecular weight is 328 g/mol. The zero-order valence-electron chi connectivity index (χ0n) is 10.7. The molecular weight excluding hydrogens is 314 g/mol. The van der Waals surface area contributed by atoms with E-state index in [4.69, 9.17) is 16.3 Å². The minimum Gasteiger partial charge on any atom is -0.491 e. The molecule has 0 bridgehead atoms. The van der Waals surface area contributed by atoms with Crippen LogP contribution in [-0.2, 0) is 0 Å². The molecule has 1 aromatic heterocycles. The molecule has 4 nitrogen and oxygen atoms in total. The van der Waals surface area contributed by atoms with Crippen LogP contribution >= 0.6 is 34.7 Å². The molecule has 2 aromatic rings. The Bertz CT molecular complexity index is 574. The second-order valence-corrected chi connectivity index (χ2v) is 7.15. The number of hydrogen-bond acceptors (Lipinski definition) is 6. The summed E-state index contributed by atoms with van der Waals surface area (Å²) in [4.78, 5) is 0. The van der Waals surface area contributed by atoms with E-state index in [0.29, 0.717) is 17.7 Å². The van der Waals surface area contributed by atoms with Crippen molar-refractivity contribution in [3.8, 4) is 5.75 Å². The minimum absolute atomic E-state index is 0.597. The van der Waals surface area contributed by atoms with Crippen molar-refractivity contribution in [2.24, 2.45) is 0 Å². The van der Waals surface area contributed by atoms with E-state index in [1.54, 1.807) is 23.1 Å². The number of hydrogen-bond donors (Lipinski definition) is 1. The Hall–Kier alpha value is -0.980. The third kappa shape index (κ3) is 4.01. The van der Waals surface area contributed by atoms with Crippen LogP contribution in [-0.4, -0.2) is 28.6 Å². The molecule has 1 heterocycles. The SMILES string of the molecule is Clc1ccccc1OCCSc1nnc(NC2CC2)s1. The van der Waals surface area contributed by atoms with E-state index in [-0.39, 0.29) is 0 Å². The van der Waals surface area contributed by atoms with E-state index in [9.17, 15) is 0 Å². The molecule has 1 aliphatic rings. The first-order chi connectivity index (χ1) is 9.81. The predicted octanol–water partition coefficient (Wildman–Crippen LogP) is 3.94. The first kappa shape index (κ1) is 14.0. The third-order valence-corrected chi connectivity index (χ3v) is 4.98. The lowest BCUT2D eigenvalue weighted by Gasteiger charge is -2.06. The third-order valence-electron chi connectivity index (χ3n) is 2.71. The van der Waals surface area contributed by atoms with Gasteiger partial charge in [-0.3, -0.25) is 0 Å². The Morgan fingerprint density at radius 3 is 3.00 bits per heavy atom. The monoisotopic (exact) mass is 327 g/mol. The summed E-state index contributed by atoms with van der Waals surface area (Å²) in [5, 5.41) is 13.2. The van der Waals surface area contributed by atoms with E-state index >= 15 is 0 Å². The molecule has 20 heavy (non-hydrogen) atoms. The van der Waals surface area contributed by atoms with Crippen LogP contribution in [0, 0.1) is 0 Å². The van der Waals surface area contributed by atoms with E-state index < -0.39 is 0 Å². The van der Waals surface area contributed by atoms with Gasteiger partial charge in [0.15, 0.2) is 4.34 Å². The summed E-state index contributed by atoms with van der Waals surface area (Å²) in [5.74, 6) is 1.55. The lowest BCUT2D eigenvalue weighted by Crippen LogP contribution is -2.00. The van der Waals surface area contributed by atoms with Gasteiger partial charge < -0.3 is 10.1 Å². The summed E-state index contributed by atoms with van der Waals surface area (Å²) in [6, 6.07) is 8.11. The first-order valence-corrected chi connectivity index (χ1v) is 8.59. The highest BCUT2D eigenvalue weighted by molar-refractivity contribution is 8.01. The summed E-state index contributed by atoms with van der Waals surface area (Å²) in [5.41, 5.74) is 0. The van der Waals surface area contributed by atoms with Gasteiger partial charge >= 0.3 is 0 Å². The molecule has 7 heteroatoms. The molecule has 0 saturated heterocycles. The van der Waals surface area contributed by atoms with Crippen LogP contribution in [0.3, 0.4) is 0 Å². The topological polar surface area (TPSA) is 47.0 Å². The lowest BCUT2D eigenvalue weighted by molar-refractivity contribution is 0.344. The number of aromatic nitrogens is 2.